The van der Waals surface area contributed by atoms with Crippen LogP contribution in [-0.2, 0) is 19.1 Å². The summed E-state index contributed by atoms with van der Waals surface area (Å²) in [5, 5.41) is 11.0. The van der Waals surface area contributed by atoms with Gasteiger partial charge in [-0.25, -0.2) is 9.59 Å². The van der Waals surface area contributed by atoms with Crippen molar-refractivity contribution in [1.29, 1.82) is 5.26 Å². The van der Waals surface area contributed by atoms with Gasteiger partial charge in [-0.2, -0.15) is 5.26 Å². The smallest absolute Gasteiger partial charge is 0.340 e. The van der Waals surface area contributed by atoms with E-state index in [1.54, 1.807) is 26.8 Å². The first kappa shape index (κ1) is 15.0. The van der Waals surface area contributed by atoms with Crippen LogP contribution in [0.3, 0.4) is 0 Å². The van der Waals surface area contributed by atoms with E-state index in [1.807, 2.05) is 0 Å². The standard InChI is InChI=1S/C11H16N2O4/c1-4-16-10(14)9(11(15)17-5-2)13-8(3)6-7-12/h6,9,13H,4-5H2,1-3H3/b8-6+. The first-order valence-electron chi connectivity index (χ1n) is 5.23. The molecule has 0 heterocycles. The van der Waals surface area contributed by atoms with Crippen molar-refractivity contribution < 1.29 is 19.1 Å². The zero-order chi connectivity index (χ0) is 13.3. The first-order valence-corrected chi connectivity index (χ1v) is 5.23. The van der Waals surface area contributed by atoms with Gasteiger partial charge in [-0.1, -0.05) is 0 Å². The molecule has 0 aromatic rings. The Kier molecular flexibility index (Phi) is 7.19. The number of allylic oxidation sites excluding steroid dienone is 2. The number of carbonyl (C=O) groups excluding carboxylic acids is 2. The van der Waals surface area contributed by atoms with Crippen LogP contribution in [0.5, 0.6) is 0 Å². The van der Waals surface area contributed by atoms with E-state index in [9.17, 15) is 9.59 Å². The number of hydrogen-bond acceptors (Lipinski definition) is 6. The number of esters is 2. The molecule has 0 aliphatic carbocycles. The van der Waals surface area contributed by atoms with Gasteiger partial charge >= 0.3 is 11.9 Å². The van der Waals surface area contributed by atoms with Crippen LogP contribution >= 0.6 is 0 Å². The zero-order valence-corrected chi connectivity index (χ0v) is 10.1. The maximum absolute atomic E-state index is 11.5. The molecule has 0 saturated carbocycles. The van der Waals surface area contributed by atoms with E-state index in [0.717, 1.165) is 0 Å². The molecule has 0 aromatic carbocycles. The van der Waals surface area contributed by atoms with Gasteiger partial charge in [0.15, 0.2) is 0 Å². The van der Waals surface area contributed by atoms with Gasteiger partial charge in [-0.05, 0) is 20.8 Å². The summed E-state index contributed by atoms with van der Waals surface area (Å²) in [6, 6.07) is 0.549. The molecule has 6 nitrogen and oxygen atoms in total. The molecule has 0 aliphatic rings. The number of nitriles is 1. The van der Waals surface area contributed by atoms with Crippen molar-refractivity contribution in [3.8, 4) is 6.07 Å². The van der Waals surface area contributed by atoms with Crippen molar-refractivity contribution in [2.75, 3.05) is 13.2 Å². The third kappa shape index (κ3) is 5.56. The van der Waals surface area contributed by atoms with Gasteiger partial charge in [0.05, 0.1) is 19.3 Å². The monoisotopic (exact) mass is 240 g/mol. The number of rotatable bonds is 6. The molecule has 17 heavy (non-hydrogen) atoms. The molecule has 0 unspecified atom stereocenters. The van der Waals surface area contributed by atoms with Crippen molar-refractivity contribution in [2.45, 2.75) is 26.8 Å². The second-order valence-electron chi connectivity index (χ2n) is 3.04. The first-order chi connectivity index (χ1) is 8.06. The normalized spacial score (nSPS) is 10.6. The highest BCUT2D eigenvalue weighted by molar-refractivity contribution is 5.99. The van der Waals surface area contributed by atoms with Crippen LogP contribution in [0.25, 0.3) is 0 Å². The Bertz CT molecular complexity index is 326. The summed E-state index contributed by atoms with van der Waals surface area (Å²) in [4.78, 5) is 23.0. The predicted molar refractivity (Wildman–Crippen MR) is 59.6 cm³/mol. The second kappa shape index (κ2) is 8.16. The van der Waals surface area contributed by atoms with Crippen molar-refractivity contribution in [3.05, 3.63) is 11.8 Å². The Labute approximate surface area is 100 Å². The molecule has 0 aromatic heterocycles. The van der Waals surface area contributed by atoms with Crippen molar-refractivity contribution in [3.63, 3.8) is 0 Å². The van der Waals surface area contributed by atoms with Crippen LogP contribution in [0.4, 0.5) is 0 Å². The Balaban J connectivity index is 4.74. The van der Waals surface area contributed by atoms with Crippen molar-refractivity contribution >= 4 is 11.9 Å². The Morgan fingerprint density at radius 2 is 1.76 bits per heavy atom. The maximum Gasteiger partial charge on any atom is 0.340 e. The van der Waals surface area contributed by atoms with Crippen LogP contribution in [0, 0.1) is 11.3 Å². The highest BCUT2D eigenvalue weighted by Gasteiger charge is 2.29. The van der Waals surface area contributed by atoms with Gasteiger partial charge in [0, 0.05) is 11.8 Å². The molecule has 0 spiro atoms. The van der Waals surface area contributed by atoms with Gasteiger partial charge in [0.1, 0.15) is 0 Å². The fourth-order valence-electron chi connectivity index (χ4n) is 1.03. The molecule has 1 N–H and O–H groups in total. The number of hydrogen-bond donors (Lipinski definition) is 1. The molecular weight excluding hydrogens is 224 g/mol. The number of nitrogens with one attached hydrogen (secondary N) is 1. The minimum absolute atomic E-state index is 0.164. The van der Waals surface area contributed by atoms with Gasteiger partial charge in [-0.3, -0.25) is 0 Å². The third-order valence-corrected chi connectivity index (χ3v) is 1.70. The zero-order valence-electron chi connectivity index (χ0n) is 10.1. The summed E-state index contributed by atoms with van der Waals surface area (Å²) in [5.41, 5.74) is 0.388. The number of nitrogens with zero attached hydrogens (tertiary/aromatic N) is 1. The minimum Gasteiger partial charge on any atom is -0.464 e. The fourth-order valence-corrected chi connectivity index (χ4v) is 1.03. The summed E-state index contributed by atoms with van der Waals surface area (Å²) in [6.07, 6.45) is 1.19. The van der Waals surface area contributed by atoms with E-state index in [2.05, 4.69) is 5.32 Å². The van der Waals surface area contributed by atoms with Crippen LogP contribution in [0.1, 0.15) is 20.8 Å². The second-order valence-corrected chi connectivity index (χ2v) is 3.04. The maximum atomic E-state index is 11.5. The molecule has 0 bridgehead atoms. The van der Waals surface area contributed by atoms with E-state index < -0.39 is 18.0 Å². The van der Waals surface area contributed by atoms with Gasteiger partial charge in [0.25, 0.3) is 0 Å². The molecule has 0 rings (SSSR count). The van der Waals surface area contributed by atoms with Gasteiger partial charge in [-0.15, -0.1) is 0 Å². The van der Waals surface area contributed by atoms with E-state index in [4.69, 9.17) is 14.7 Å². The summed E-state index contributed by atoms with van der Waals surface area (Å²) < 4.78 is 9.48. The number of ether oxygens (including phenoxy) is 2. The SMILES string of the molecule is CCOC(=O)C(N/C(C)=C/C#N)C(=O)OCC. The van der Waals surface area contributed by atoms with Crippen LogP contribution in [-0.4, -0.2) is 31.2 Å². The van der Waals surface area contributed by atoms with Crippen LogP contribution in [0.15, 0.2) is 11.8 Å². The molecule has 0 fully saturated rings. The van der Waals surface area contributed by atoms with Gasteiger partial charge in [0.2, 0.25) is 6.04 Å². The van der Waals surface area contributed by atoms with Gasteiger partial charge < -0.3 is 14.8 Å². The Hall–Kier alpha value is -2.03. The summed E-state index contributed by atoms with van der Waals surface area (Å²) in [7, 11) is 0. The lowest BCUT2D eigenvalue weighted by atomic mass is 10.2. The highest BCUT2D eigenvalue weighted by Crippen LogP contribution is 1.98. The highest BCUT2D eigenvalue weighted by atomic mass is 16.6. The quantitative estimate of drug-likeness (QED) is 0.413. The van der Waals surface area contributed by atoms with Crippen LogP contribution < -0.4 is 5.32 Å². The minimum atomic E-state index is -1.24. The van der Waals surface area contributed by atoms with E-state index in [-0.39, 0.29) is 13.2 Å². The average molecular weight is 240 g/mol. The Morgan fingerprint density at radius 3 is 2.12 bits per heavy atom. The molecule has 6 heteroatoms. The predicted octanol–water partition coefficient (Wildman–Crippen LogP) is 0.498. The Morgan fingerprint density at radius 1 is 1.29 bits per heavy atom. The fraction of sp³-hybridized carbons (Fsp3) is 0.545. The molecule has 94 valence electrons. The number of carbonyl (C=O) groups is 2. The molecule has 0 saturated heterocycles. The van der Waals surface area contributed by atoms with Crippen molar-refractivity contribution in [1.82, 2.24) is 5.32 Å². The lowest BCUT2D eigenvalue weighted by Crippen LogP contribution is -2.44. The molecule has 0 radical (unpaired) electrons. The molecule has 0 aliphatic heterocycles. The van der Waals surface area contributed by atoms with Crippen LogP contribution in [0.2, 0.25) is 0 Å². The summed E-state index contributed by atoms with van der Waals surface area (Å²) >= 11 is 0. The van der Waals surface area contributed by atoms with Crippen molar-refractivity contribution in [2.24, 2.45) is 0 Å². The lowest BCUT2D eigenvalue weighted by Gasteiger charge is -2.16. The van der Waals surface area contributed by atoms with E-state index >= 15 is 0 Å². The van der Waals surface area contributed by atoms with E-state index in [1.165, 1.54) is 6.08 Å². The van der Waals surface area contributed by atoms with E-state index in [0.29, 0.717) is 5.70 Å². The molecule has 0 atom stereocenters. The average Bonchev–Trinajstić information content (AvgIpc) is 2.26. The topological polar surface area (TPSA) is 88.4 Å². The third-order valence-electron chi connectivity index (χ3n) is 1.70. The molecule has 0 amide bonds. The largest absolute Gasteiger partial charge is 0.464 e. The lowest BCUT2D eigenvalue weighted by molar-refractivity contribution is -0.157. The summed E-state index contributed by atoms with van der Waals surface area (Å²) in [6.45, 7) is 5.17. The summed E-state index contributed by atoms with van der Waals surface area (Å²) in [5.74, 6) is -1.45. The molecular formula is C11H16N2O4.